The molecule has 2 saturated heterocycles. The summed E-state index contributed by atoms with van der Waals surface area (Å²) in [6.07, 6.45) is 0.682. The molecule has 2 amide bonds. The molecule has 1 N–H and O–H groups in total. The van der Waals surface area contributed by atoms with Crippen LogP contribution < -0.4 is 4.90 Å². The zero-order valence-electron chi connectivity index (χ0n) is 14.9. The molecular formula is C19H24N2O4. The summed E-state index contributed by atoms with van der Waals surface area (Å²) in [6, 6.07) is 4.09. The highest BCUT2D eigenvalue weighted by Crippen LogP contribution is 2.33. The maximum atomic E-state index is 12.7. The molecule has 134 valence electrons. The van der Waals surface area contributed by atoms with Gasteiger partial charge < -0.3 is 14.9 Å². The van der Waals surface area contributed by atoms with E-state index in [9.17, 15) is 14.4 Å². The third-order valence-electron chi connectivity index (χ3n) is 5.23. The Bertz CT molecular complexity index is 720. The molecular weight excluding hydrogens is 320 g/mol. The molecule has 2 aliphatic rings. The van der Waals surface area contributed by atoms with E-state index in [2.05, 4.69) is 0 Å². The molecule has 3 rings (SSSR count). The first kappa shape index (κ1) is 17.5. The van der Waals surface area contributed by atoms with E-state index < -0.39 is 11.9 Å². The number of hydrogen-bond donors (Lipinski definition) is 1. The molecule has 2 fully saturated rings. The van der Waals surface area contributed by atoms with Gasteiger partial charge in [0.2, 0.25) is 11.8 Å². The molecule has 2 aliphatic heterocycles. The van der Waals surface area contributed by atoms with Gasteiger partial charge in [0.25, 0.3) is 0 Å². The molecule has 0 bridgehead atoms. The molecule has 0 unspecified atom stereocenters. The van der Waals surface area contributed by atoms with Crippen LogP contribution in [0.15, 0.2) is 12.1 Å². The van der Waals surface area contributed by atoms with Gasteiger partial charge in [-0.05, 0) is 38.3 Å². The Hall–Kier alpha value is -2.37. The number of hydrogen-bond acceptors (Lipinski definition) is 3. The molecule has 0 radical (unpaired) electrons. The second-order valence-electron chi connectivity index (χ2n) is 7.26. The molecule has 1 aromatic carbocycles. The number of amides is 2. The van der Waals surface area contributed by atoms with Gasteiger partial charge >= 0.3 is 5.97 Å². The van der Waals surface area contributed by atoms with Crippen molar-refractivity contribution >= 4 is 23.5 Å². The van der Waals surface area contributed by atoms with Crippen LogP contribution in [0.1, 0.15) is 29.5 Å². The molecule has 6 nitrogen and oxygen atoms in total. The van der Waals surface area contributed by atoms with E-state index in [1.807, 2.05) is 32.9 Å². The van der Waals surface area contributed by atoms with Crippen molar-refractivity contribution in [2.75, 3.05) is 24.5 Å². The zero-order valence-corrected chi connectivity index (χ0v) is 14.9. The van der Waals surface area contributed by atoms with Gasteiger partial charge in [-0.1, -0.05) is 17.7 Å². The van der Waals surface area contributed by atoms with E-state index in [0.29, 0.717) is 19.5 Å². The third-order valence-corrected chi connectivity index (χ3v) is 5.23. The van der Waals surface area contributed by atoms with E-state index in [1.165, 1.54) is 0 Å². The number of carboxylic acid groups (broad SMARTS) is 1. The highest BCUT2D eigenvalue weighted by atomic mass is 16.4. The third kappa shape index (κ3) is 3.25. The monoisotopic (exact) mass is 344 g/mol. The molecule has 1 aromatic rings. The highest BCUT2D eigenvalue weighted by Gasteiger charge is 2.40. The second-order valence-corrected chi connectivity index (χ2v) is 7.26. The van der Waals surface area contributed by atoms with Crippen LogP contribution in [0.4, 0.5) is 5.69 Å². The summed E-state index contributed by atoms with van der Waals surface area (Å²) in [5, 5.41) is 9.09. The van der Waals surface area contributed by atoms with Crippen LogP contribution in [-0.2, 0) is 14.4 Å². The summed E-state index contributed by atoms with van der Waals surface area (Å²) in [6.45, 7) is 7.07. The average molecular weight is 344 g/mol. The minimum atomic E-state index is -0.856. The van der Waals surface area contributed by atoms with E-state index in [4.69, 9.17) is 5.11 Å². The largest absolute Gasteiger partial charge is 0.481 e. The van der Waals surface area contributed by atoms with Crippen molar-refractivity contribution in [3.05, 3.63) is 28.8 Å². The standard InChI is InChI=1S/C19H24N2O4/c1-11-6-12(2)17(13(3)7-11)21-10-15(8-16(21)22)18(23)20-5-4-14(9-20)19(24)25/h6-7,14-15H,4-5,8-10H2,1-3H3,(H,24,25)/t14-,15+/m0/s1. The van der Waals surface area contributed by atoms with Crippen molar-refractivity contribution in [1.29, 1.82) is 0 Å². The first-order chi connectivity index (χ1) is 11.8. The molecule has 0 aliphatic carbocycles. The lowest BCUT2D eigenvalue weighted by Gasteiger charge is -2.23. The Morgan fingerprint density at radius 3 is 2.28 bits per heavy atom. The average Bonchev–Trinajstić information content (AvgIpc) is 3.13. The predicted molar refractivity (Wildman–Crippen MR) is 93.4 cm³/mol. The van der Waals surface area contributed by atoms with Crippen LogP contribution in [0.5, 0.6) is 0 Å². The number of carboxylic acids is 1. The second kappa shape index (κ2) is 6.50. The summed E-state index contributed by atoms with van der Waals surface area (Å²) in [5.74, 6) is -1.87. The number of benzene rings is 1. The Labute approximate surface area is 147 Å². The maximum absolute atomic E-state index is 12.7. The van der Waals surface area contributed by atoms with Gasteiger partial charge in [0.05, 0.1) is 11.8 Å². The van der Waals surface area contributed by atoms with Crippen molar-refractivity contribution < 1.29 is 19.5 Å². The maximum Gasteiger partial charge on any atom is 0.308 e. The first-order valence-corrected chi connectivity index (χ1v) is 8.67. The number of carbonyl (C=O) groups is 3. The summed E-state index contributed by atoms with van der Waals surface area (Å²) >= 11 is 0. The summed E-state index contributed by atoms with van der Waals surface area (Å²) in [7, 11) is 0. The lowest BCUT2D eigenvalue weighted by atomic mass is 10.0. The number of nitrogens with zero attached hydrogens (tertiary/aromatic N) is 2. The summed E-state index contributed by atoms with van der Waals surface area (Å²) in [5.41, 5.74) is 4.11. The minimum Gasteiger partial charge on any atom is -0.481 e. The van der Waals surface area contributed by atoms with Gasteiger partial charge in [0.1, 0.15) is 0 Å². The Morgan fingerprint density at radius 1 is 1.08 bits per heavy atom. The van der Waals surface area contributed by atoms with E-state index >= 15 is 0 Å². The number of aryl methyl sites for hydroxylation is 3. The topological polar surface area (TPSA) is 77.9 Å². The summed E-state index contributed by atoms with van der Waals surface area (Å²) in [4.78, 5) is 39.7. The van der Waals surface area contributed by atoms with Gasteiger partial charge in [0.15, 0.2) is 0 Å². The van der Waals surface area contributed by atoms with Crippen molar-refractivity contribution in [3.8, 4) is 0 Å². The molecule has 25 heavy (non-hydrogen) atoms. The predicted octanol–water partition coefficient (Wildman–Crippen LogP) is 1.90. The molecule has 2 atom stereocenters. The Morgan fingerprint density at radius 2 is 1.72 bits per heavy atom. The van der Waals surface area contributed by atoms with E-state index in [1.54, 1.807) is 9.80 Å². The van der Waals surface area contributed by atoms with E-state index in [0.717, 1.165) is 22.4 Å². The lowest BCUT2D eigenvalue weighted by Crippen LogP contribution is -2.36. The van der Waals surface area contributed by atoms with Crippen LogP contribution in [-0.4, -0.2) is 47.4 Å². The minimum absolute atomic E-state index is 0.0395. The lowest BCUT2D eigenvalue weighted by molar-refractivity contribution is -0.141. The smallest absolute Gasteiger partial charge is 0.308 e. The quantitative estimate of drug-likeness (QED) is 0.908. The van der Waals surface area contributed by atoms with Gasteiger partial charge in [0, 0.05) is 31.7 Å². The molecule has 2 heterocycles. The fraction of sp³-hybridized carbons (Fsp3) is 0.526. The Kier molecular flexibility index (Phi) is 4.54. The normalized spacial score (nSPS) is 23.4. The van der Waals surface area contributed by atoms with Gasteiger partial charge in [-0.3, -0.25) is 14.4 Å². The zero-order chi connectivity index (χ0) is 18.3. The SMILES string of the molecule is Cc1cc(C)c(N2C[C@H](C(=O)N3CC[C@H](C(=O)O)C3)CC2=O)c(C)c1. The number of anilines is 1. The number of carbonyl (C=O) groups excluding carboxylic acids is 2. The van der Waals surface area contributed by atoms with E-state index in [-0.39, 0.29) is 30.7 Å². The van der Waals surface area contributed by atoms with Gasteiger partial charge in [-0.2, -0.15) is 0 Å². The van der Waals surface area contributed by atoms with Crippen LogP contribution in [0, 0.1) is 32.6 Å². The van der Waals surface area contributed by atoms with Crippen molar-refractivity contribution in [1.82, 2.24) is 4.90 Å². The van der Waals surface area contributed by atoms with Crippen LogP contribution in [0.2, 0.25) is 0 Å². The van der Waals surface area contributed by atoms with Crippen LogP contribution in [0.3, 0.4) is 0 Å². The Balaban J connectivity index is 1.75. The first-order valence-electron chi connectivity index (χ1n) is 8.67. The van der Waals surface area contributed by atoms with Crippen LogP contribution >= 0.6 is 0 Å². The van der Waals surface area contributed by atoms with Crippen molar-refractivity contribution in [2.24, 2.45) is 11.8 Å². The summed E-state index contributed by atoms with van der Waals surface area (Å²) < 4.78 is 0. The van der Waals surface area contributed by atoms with Crippen molar-refractivity contribution in [3.63, 3.8) is 0 Å². The molecule has 0 saturated carbocycles. The number of rotatable bonds is 3. The van der Waals surface area contributed by atoms with Gasteiger partial charge in [-0.25, -0.2) is 0 Å². The fourth-order valence-electron chi connectivity index (χ4n) is 4.11. The number of likely N-dealkylation sites (tertiary alicyclic amines) is 1. The van der Waals surface area contributed by atoms with Gasteiger partial charge in [-0.15, -0.1) is 0 Å². The molecule has 6 heteroatoms. The molecule has 0 spiro atoms. The van der Waals surface area contributed by atoms with Crippen LogP contribution in [0.25, 0.3) is 0 Å². The molecule has 0 aromatic heterocycles. The fourth-order valence-corrected chi connectivity index (χ4v) is 4.11. The van der Waals surface area contributed by atoms with Crippen molar-refractivity contribution in [2.45, 2.75) is 33.6 Å². The number of aliphatic carboxylic acids is 1. The highest BCUT2D eigenvalue weighted by molar-refractivity contribution is 6.01.